The SMILES string of the molecule is CCOC(=O)Cn1c(=NC(=O)c2cc(C)nn2CC)sc2cc(C)c(C)cc21. The molecular weight excluding hydrogens is 376 g/mol. The summed E-state index contributed by atoms with van der Waals surface area (Å²) in [4.78, 5) is 29.8. The molecule has 3 aromatic rings. The molecule has 2 heterocycles. The van der Waals surface area contributed by atoms with Gasteiger partial charge in [0.15, 0.2) is 4.80 Å². The lowest BCUT2D eigenvalue weighted by Gasteiger charge is -2.06. The van der Waals surface area contributed by atoms with Crippen LogP contribution in [0.25, 0.3) is 10.2 Å². The highest BCUT2D eigenvalue weighted by Gasteiger charge is 2.16. The molecule has 3 rings (SSSR count). The number of carbonyl (C=O) groups is 2. The van der Waals surface area contributed by atoms with Gasteiger partial charge in [-0.1, -0.05) is 11.3 Å². The number of hydrogen-bond acceptors (Lipinski definition) is 5. The Morgan fingerprint density at radius 2 is 1.86 bits per heavy atom. The van der Waals surface area contributed by atoms with E-state index in [9.17, 15) is 9.59 Å². The standard InChI is InChI=1S/C20H24N4O3S/c1-6-24-16(10-14(5)22-24)19(26)21-20-23(11-18(25)27-7-2)15-8-12(3)13(4)9-17(15)28-20/h8-10H,6-7,11H2,1-5H3. The van der Waals surface area contributed by atoms with Crippen molar-refractivity contribution in [2.45, 2.75) is 47.7 Å². The molecule has 7 nitrogen and oxygen atoms in total. The van der Waals surface area contributed by atoms with Gasteiger partial charge >= 0.3 is 5.97 Å². The zero-order valence-corrected chi connectivity index (χ0v) is 17.6. The van der Waals surface area contributed by atoms with Crippen molar-refractivity contribution in [1.29, 1.82) is 0 Å². The molecule has 0 unspecified atom stereocenters. The lowest BCUT2D eigenvalue weighted by atomic mass is 10.1. The van der Waals surface area contributed by atoms with E-state index in [1.54, 1.807) is 22.2 Å². The largest absolute Gasteiger partial charge is 0.465 e. The summed E-state index contributed by atoms with van der Waals surface area (Å²) in [7, 11) is 0. The highest BCUT2D eigenvalue weighted by atomic mass is 32.1. The molecule has 0 saturated heterocycles. The van der Waals surface area contributed by atoms with Crippen molar-refractivity contribution in [3.63, 3.8) is 0 Å². The van der Waals surface area contributed by atoms with Crippen molar-refractivity contribution >= 4 is 33.4 Å². The van der Waals surface area contributed by atoms with Gasteiger partial charge in [-0.15, -0.1) is 0 Å². The van der Waals surface area contributed by atoms with Crippen molar-refractivity contribution in [3.8, 4) is 0 Å². The van der Waals surface area contributed by atoms with Crippen LogP contribution in [0.4, 0.5) is 0 Å². The minimum Gasteiger partial charge on any atom is -0.465 e. The molecule has 0 aliphatic carbocycles. The molecule has 0 aliphatic heterocycles. The van der Waals surface area contributed by atoms with Crippen LogP contribution in [0.2, 0.25) is 0 Å². The third-order valence-corrected chi connectivity index (χ3v) is 5.55. The first-order chi connectivity index (χ1) is 13.3. The average Bonchev–Trinajstić information content (AvgIpc) is 3.17. The number of carbonyl (C=O) groups excluding carboxylic acids is 2. The molecule has 1 amide bonds. The minimum absolute atomic E-state index is 0.00845. The van der Waals surface area contributed by atoms with Crippen LogP contribution in [-0.4, -0.2) is 32.8 Å². The van der Waals surface area contributed by atoms with Crippen LogP contribution >= 0.6 is 11.3 Å². The first-order valence-corrected chi connectivity index (χ1v) is 10.0. The third-order valence-electron chi connectivity index (χ3n) is 4.51. The summed E-state index contributed by atoms with van der Waals surface area (Å²) in [5.41, 5.74) is 4.33. The molecule has 0 atom stereocenters. The summed E-state index contributed by atoms with van der Waals surface area (Å²) in [6, 6.07) is 5.80. The number of ether oxygens (including phenoxy) is 1. The maximum Gasteiger partial charge on any atom is 0.326 e. The number of esters is 1. The van der Waals surface area contributed by atoms with E-state index < -0.39 is 0 Å². The Balaban J connectivity index is 2.16. The minimum atomic E-state index is -0.375. The quantitative estimate of drug-likeness (QED) is 0.617. The number of nitrogens with zero attached hydrogens (tertiary/aromatic N) is 4. The van der Waals surface area contributed by atoms with E-state index in [1.165, 1.54) is 11.3 Å². The second-order valence-corrected chi connectivity index (χ2v) is 7.59. The molecule has 148 valence electrons. The van der Waals surface area contributed by atoms with E-state index in [2.05, 4.69) is 16.2 Å². The predicted octanol–water partition coefficient (Wildman–Crippen LogP) is 3.15. The first-order valence-electron chi connectivity index (χ1n) is 9.23. The molecule has 0 bridgehead atoms. The Hall–Kier alpha value is -2.74. The van der Waals surface area contributed by atoms with Crippen LogP contribution in [0.15, 0.2) is 23.2 Å². The maximum absolute atomic E-state index is 12.8. The molecule has 0 N–H and O–H groups in total. The summed E-state index contributed by atoms with van der Waals surface area (Å²) in [6.45, 7) is 10.5. The first kappa shape index (κ1) is 20.0. The lowest BCUT2D eigenvalue weighted by molar-refractivity contribution is -0.143. The predicted molar refractivity (Wildman–Crippen MR) is 108 cm³/mol. The highest BCUT2D eigenvalue weighted by molar-refractivity contribution is 7.16. The Labute approximate surface area is 167 Å². The molecule has 1 aromatic carbocycles. The summed E-state index contributed by atoms with van der Waals surface area (Å²) in [5, 5.41) is 4.31. The van der Waals surface area contributed by atoms with Crippen LogP contribution in [-0.2, 0) is 22.6 Å². The second kappa shape index (κ2) is 8.10. The van der Waals surface area contributed by atoms with Crippen molar-refractivity contribution in [1.82, 2.24) is 14.3 Å². The Bertz CT molecular complexity index is 1120. The molecular formula is C20H24N4O3S. The monoisotopic (exact) mass is 400 g/mol. The van der Waals surface area contributed by atoms with E-state index in [4.69, 9.17) is 4.74 Å². The summed E-state index contributed by atoms with van der Waals surface area (Å²) >= 11 is 1.39. The van der Waals surface area contributed by atoms with Crippen LogP contribution in [0.3, 0.4) is 0 Å². The number of rotatable bonds is 5. The van der Waals surface area contributed by atoms with E-state index in [0.717, 1.165) is 27.0 Å². The number of benzene rings is 1. The molecule has 28 heavy (non-hydrogen) atoms. The molecule has 0 saturated carbocycles. The van der Waals surface area contributed by atoms with Crippen LogP contribution in [0.1, 0.15) is 41.2 Å². The highest BCUT2D eigenvalue weighted by Crippen LogP contribution is 2.22. The topological polar surface area (TPSA) is 78.5 Å². The average molecular weight is 401 g/mol. The number of aryl methyl sites for hydroxylation is 4. The van der Waals surface area contributed by atoms with Crippen molar-refractivity contribution in [2.75, 3.05) is 6.61 Å². The Morgan fingerprint density at radius 3 is 2.54 bits per heavy atom. The third kappa shape index (κ3) is 3.91. The van der Waals surface area contributed by atoms with Crippen molar-refractivity contribution in [2.24, 2.45) is 4.99 Å². The number of aromatic nitrogens is 3. The maximum atomic E-state index is 12.8. The normalized spacial score (nSPS) is 12.0. The summed E-state index contributed by atoms with van der Waals surface area (Å²) < 4.78 is 9.47. The fourth-order valence-corrected chi connectivity index (χ4v) is 4.11. The smallest absolute Gasteiger partial charge is 0.326 e. The Morgan fingerprint density at radius 1 is 1.14 bits per heavy atom. The van der Waals surface area contributed by atoms with Gasteiger partial charge in [0.2, 0.25) is 0 Å². The van der Waals surface area contributed by atoms with Crippen LogP contribution in [0.5, 0.6) is 0 Å². The number of amides is 1. The summed E-state index contributed by atoms with van der Waals surface area (Å²) in [5.74, 6) is -0.733. The van der Waals surface area contributed by atoms with Gasteiger partial charge in [-0.05, 0) is 63.9 Å². The Kier molecular flexibility index (Phi) is 5.79. The zero-order valence-electron chi connectivity index (χ0n) is 16.8. The van der Waals surface area contributed by atoms with Gasteiger partial charge in [-0.2, -0.15) is 10.1 Å². The number of fused-ring (bicyclic) bond motifs is 1. The van der Waals surface area contributed by atoms with Crippen LogP contribution < -0.4 is 4.80 Å². The fourth-order valence-electron chi connectivity index (χ4n) is 3.00. The van der Waals surface area contributed by atoms with Gasteiger partial charge < -0.3 is 9.30 Å². The van der Waals surface area contributed by atoms with Crippen molar-refractivity contribution < 1.29 is 14.3 Å². The lowest BCUT2D eigenvalue weighted by Crippen LogP contribution is -2.23. The molecule has 0 fully saturated rings. The summed E-state index contributed by atoms with van der Waals surface area (Å²) in [6.07, 6.45) is 0. The molecule has 0 radical (unpaired) electrons. The fraction of sp³-hybridized carbons (Fsp3) is 0.400. The van der Waals surface area contributed by atoms with E-state index in [0.29, 0.717) is 23.6 Å². The van der Waals surface area contributed by atoms with E-state index >= 15 is 0 Å². The number of hydrogen-bond donors (Lipinski definition) is 0. The molecule has 0 aliphatic rings. The van der Waals surface area contributed by atoms with E-state index in [-0.39, 0.29) is 18.4 Å². The van der Waals surface area contributed by atoms with Gasteiger partial charge in [0.25, 0.3) is 5.91 Å². The second-order valence-electron chi connectivity index (χ2n) is 6.58. The molecule has 8 heteroatoms. The zero-order chi connectivity index (χ0) is 20.4. The van der Waals surface area contributed by atoms with Gasteiger partial charge in [0.1, 0.15) is 12.2 Å². The van der Waals surface area contributed by atoms with Gasteiger partial charge in [0.05, 0.1) is 22.5 Å². The van der Waals surface area contributed by atoms with Gasteiger partial charge in [-0.25, -0.2) is 0 Å². The van der Waals surface area contributed by atoms with E-state index in [1.807, 2.05) is 33.8 Å². The molecule has 0 spiro atoms. The van der Waals surface area contributed by atoms with Crippen molar-refractivity contribution in [3.05, 3.63) is 45.5 Å². The van der Waals surface area contributed by atoms with Crippen LogP contribution in [0, 0.1) is 20.8 Å². The number of thiazole rings is 1. The van der Waals surface area contributed by atoms with Gasteiger partial charge in [-0.3, -0.25) is 14.3 Å². The van der Waals surface area contributed by atoms with Gasteiger partial charge in [0, 0.05) is 6.54 Å². The molecule has 2 aromatic heterocycles.